The third kappa shape index (κ3) is 3.10. The Labute approximate surface area is 176 Å². The molecule has 0 radical (unpaired) electrons. The maximum absolute atomic E-state index is 13.6. The van der Waals surface area contributed by atoms with Crippen LogP contribution in [0.3, 0.4) is 0 Å². The Morgan fingerprint density at radius 3 is 2.41 bits per heavy atom. The van der Waals surface area contributed by atoms with Gasteiger partial charge in [-0.25, -0.2) is 4.79 Å². The quantitative estimate of drug-likeness (QED) is 0.776. The molecule has 0 aromatic heterocycles. The molecule has 152 valence electrons. The van der Waals surface area contributed by atoms with Crippen molar-refractivity contribution in [3.05, 3.63) is 59.7 Å². The summed E-state index contributed by atoms with van der Waals surface area (Å²) in [6.45, 7) is 8.83. The van der Waals surface area contributed by atoms with Gasteiger partial charge < -0.3 is 10.2 Å². The molecule has 4 rings (SSSR count). The first kappa shape index (κ1) is 19.8. The number of carbonyl (C=O) groups is 2. The summed E-state index contributed by atoms with van der Waals surface area (Å²) in [4.78, 5) is 29.4. The molecule has 29 heavy (non-hydrogen) atoms. The highest BCUT2D eigenvalue weighted by molar-refractivity contribution is 8.01. The van der Waals surface area contributed by atoms with E-state index in [4.69, 9.17) is 0 Å². The SMILES string of the molecule is CC(C)c1ccc(NC(=O)N2CCS[C@]23C(=O)N(C(C)C)c2ccccc23)cc1. The molecule has 2 heterocycles. The fourth-order valence-electron chi connectivity index (χ4n) is 4.18. The summed E-state index contributed by atoms with van der Waals surface area (Å²) < 4.78 is 0. The molecule has 0 unspecified atom stereocenters. The number of benzene rings is 2. The Balaban J connectivity index is 1.66. The zero-order chi connectivity index (χ0) is 20.8. The standard InChI is InChI=1S/C23H27N3O2S/c1-15(2)17-9-11-18(12-10-17)24-22(28)25-13-14-29-23(25)19-7-5-6-8-20(19)26(16(3)4)21(23)27/h5-12,15-16H,13-14H2,1-4H3,(H,24,28)/t23-/m1/s1. The van der Waals surface area contributed by atoms with Gasteiger partial charge in [0.1, 0.15) is 0 Å². The molecule has 5 nitrogen and oxygen atoms in total. The van der Waals surface area contributed by atoms with E-state index in [0.29, 0.717) is 12.5 Å². The average molecular weight is 410 g/mol. The van der Waals surface area contributed by atoms with Gasteiger partial charge >= 0.3 is 6.03 Å². The first-order chi connectivity index (χ1) is 13.9. The van der Waals surface area contributed by atoms with Gasteiger partial charge in [-0.15, -0.1) is 11.8 Å². The van der Waals surface area contributed by atoms with Gasteiger partial charge in [0.2, 0.25) is 0 Å². The second kappa shape index (κ2) is 7.41. The highest BCUT2D eigenvalue weighted by Crippen LogP contribution is 2.54. The van der Waals surface area contributed by atoms with Crippen LogP contribution >= 0.6 is 11.8 Å². The van der Waals surface area contributed by atoms with Gasteiger partial charge in [-0.3, -0.25) is 9.69 Å². The third-order valence-electron chi connectivity index (χ3n) is 5.63. The number of hydrogen-bond donors (Lipinski definition) is 1. The largest absolute Gasteiger partial charge is 0.323 e. The average Bonchev–Trinajstić information content (AvgIpc) is 3.24. The highest BCUT2D eigenvalue weighted by Gasteiger charge is 2.59. The fourth-order valence-corrected chi connectivity index (χ4v) is 5.63. The third-order valence-corrected chi connectivity index (χ3v) is 7.05. The number of thioether (sulfide) groups is 1. The zero-order valence-corrected chi connectivity index (χ0v) is 18.1. The van der Waals surface area contributed by atoms with E-state index in [-0.39, 0.29) is 18.0 Å². The summed E-state index contributed by atoms with van der Waals surface area (Å²) in [5.74, 6) is 1.14. The van der Waals surface area contributed by atoms with Crippen molar-refractivity contribution in [3.8, 4) is 0 Å². The summed E-state index contributed by atoms with van der Waals surface area (Å²) in [6.07, 6.45) is 0. The van der Waals surface area contributed by atoms with E-state index in [0.717, 1.165) is 22.7 Å². The summed E-state index contributed by atoms with van der Waals surface area (Å²) in [7, 11) is 0. The number of urea groups is 1. The molecular weight excluding hydrogens is 382 g/mol. The molecule has 0 aliphatic carbocycles. The number of hydrogen-bond acceptors (Lipinski definition) is 3. The molecule has 2 aromatic carbocycles. The lowest BCUT2D eigenvalue weighted by Gasteiger charge is -2.33. The van der Waals surface area contributed by atoms with Crippen LogP contribution in [-0.4, -0.2) is 35.2 Å². The van der Waals surface area contributed by atoms with Crippen LogP contribution in [0.4, 0.5) is 16.2 Å². The molecular formula is C23H27N3O2S. The Morgan fingerprint density at radius 1 is 1.07 bits per heavy atom. The molecule has 1 N–H and O–H groups in total. The van der Waals surface area contributed by atoms with Crippen molar-refractivity contribution in [2.45, 2.75) is 44.5 Å². The van der Waals surface area contributed by atoms with Gasteiger partial charge in [0, 0.05) is 29.6 Å². The van der Waals surface area contributed by atoms with Gasteiger partial charge in [-0.1, -0.05) is 44.2 Å². The van der Waals surface area contributed by atoms with Crippen LogP contribution in [0.15, 0.2) is 48.5 Å². The number of fused-ring (bicyclic) bond motifs is 2. The van der Waals surface area contributed by atoms with Crippen LogP contribution in [0, 0.1) is 0 Å². The first-order valence-electron chi connectivity index (χ1n) is 10.1. The van der Waals surface area contributed by atoms with Crippen LogP contribution in [-0.2, 0) is 9.67 Å². The lowest BCUT2D eigenvalue weighted by atomic mass is 10.0. The number of rotatable bonds is 3. The summed E-state index contributed by atoms with van der Waals surface area (Å²) in [5.41, 5.74) is 3.78. The van der Waals surface area contributed by atoms with E-state index in [1.165, 1.54) is 5.56 Å². The minimum Gasteiger partial charge on any atom is -0.308 e. The number of nitrogens with zero attached hydrogens (tertiary/aromatic N) is 2. The Hall–Kier alpha value is -2.47. The van der Waals surface area contributed by atoms with Gasteiger partial charge in [0.05, 0.1) is 5.69 Å². The maximum Gasteiger partial charge on any atom is 0.323 e. The van der Waals surface area contributed by atoms with Gasteiger partial charge in [0.25, 0.3) is 5.91 Å². The van der Waals surface area contributed by atoms with E-state index < -0.39 is 4.87 Å². The number of amides is 3. The number of carbonyl (C=O) groups excluding carboxylic acids is 2. The minimum atomic E-state index is -0.983. The zero-order valence-electron chi connectivity index (χ0n) is 17.3. The van der Waals surface area contributed by atoms with E-state index in [1.807, 2.05) is 67.3 Å². The molecule has 3 amide bonds. The maximum atomic E-state index is 13.6. The second-order valence-electron chi connectivity index (χ2n) is 8.14. The normalized spacial score (nSPS) is 20.8. The Morgan fingerprint density at radius 2 is 1.76 bits per heavy atom. The van der Waals surface area contributed by atoms with Gasteiger partial charge in [-0.05, 0) is 43.5 Å². The predicted octanol–water partition coefficient (Wildman–Crippen LogP) is 5.00. The number of nitrogens with one attached hydrogen (secondary N) is 1. The lowest BCUT2D eigenvalue weighted by Crippen LogP contribution is -2.52. The van der Waals surface area contributed by atoms with E-state index in [2.05, 4.69) is 19.2 Å². The molecule has 2 aliphatic heterocycles. The van der Waals surface area contributed by atoms with Crippen LogP contribution in [0.1, 0.15) is 44.7 Å². The number of anilines is 2. The van der Waals surface area contributed by atoms with Gasteiger partial charge in [0.15, 0.2) is 4.87 Å². The molecule has 1 fully saturated rings. The molecule has 2 aliphatic rings. The van der Waals surface area contributed by atoms with Crippen molar-refractivity contribution in [1.82, 2.24) is 4.90 Å². The van der Waals surface area contributed by atoms with Crippen LogP contribution < -0.4 is 10.2 Å². The van der Waals surface area contributed by atoms with Crippen LogP contribution in [0.25, 0.3) is 0 Å². The summed E-state index contributed by atoms with van der Waals surface area (Å²) in [6, 6.07) is 15.5. The molecule has 1 atom stereocenters. The molecule has 6 heteroatoms. The van der Waals surface area contributed by atoms with Crippen molar-refractivity contribution < 1.29 is 9.59 Å². The Bertz CT molecular complexity index is 941. The molecule has 2 aromatic rings. The van der Waals surface area contributed by atoms with Crippen molar-refractivity contribution in [1.29, 1.82) is 0 Å². The topological polar surface area (TPSA) is 52.7 Å². The molecule has 0 saturated carbocycles. The van der Waals surface area contributed by atoms with Crippen LogP contribution in [0.2, 0.25) is 0 Å². The lowest BCUT2D eigenvalue weighted by molar-refractivity contribution is -0.123. The monoisotopic (exact) mass is 409 g/mol. The fraction of sp³-hybridized carbons (Fsp3) is 0.391. The number of para-hydroxylation sites is 1. The molecule has 1 saturated heterocycles. The van der Waals surface area contributed by atoms with Crippen LogP contribution in [0.5, 0.6) is 0 Å². The molecule has 1 spiro atoms. The van der Waals surface area contributed by atoms with E-state index >= 15 is 0 Å². The van der Waals surface area contributed by atoms with Crippen molar-refractivity contribution in [2.24, 2.45) is 0 Å². The first-order valence-corrected chi connectivity index (χ1v) is 11.1. The summed E-state index contributed by atoms with van der Waals surface area (Å²) >= 11 is 1.55. The van der Waals surface area contributed by atoms with E-state index in [1.54, 1.807) is 16.7 Å². The van der Waals surface area contributed by atoms with Crippen molar-refractivity contribution >= 4 is 35.1 Å². The summed E-state index contributed by atoms with van der Waals surface area (Å²) in [5, 5.41) is 3.00. The van der Waals surface area contributed by atoms with E-state index in [9.17, 15) is 9.59 Å². The predicted molar refractivity (Wildman–Crippen MR) is 119 cm³/mol. The van der Waals surface area contributed by atoms with Gasteiger partial charge in [-0.2, -0.15) is 0 Å². The molecule has 0 bridgehead atoms. The minimum absolute atomic E-state index is 0.0257. The Kier molecular flexibility index (Phi) is 5.07. The second-order valence-corrected chi connectivity index (χ2v) is 9.42. The highest BCUT2D eigenvalue weighted by atomic mass is 32.2. The smallest absolute Gasteiger partial charge is 0.308 e. The van der Waals surface area contributed by atoms with Crippen molar-refractivity contribution in [3.63, 3.8) is 0 Å². The van der Waals surface area contributed by atoms with Crippen molar-refractivity contribution in [2.75, 3.05) is 22.5 Å².